The van der Waals surface area contributed by atoms with Gasteiger partial charge in [-0.1, -0.05) is 145 Å². The van der Waals surface area contributed by atoms with E-state index in [1.54, 1.807) is 0 Å². The molecule has 0 aromatic heterocycles. The lowest BCUT2D eigenvalue weighted by atomic mass is 9.89. The molecule has 0 spiro atoms. The zero-order valence-corrected chi connectivity index (χ0v) is 34.9. The van der Waals surface area contributed by atoms with E-state index in [9.17, 15) is 10.2 Å². The number of fused-ring (bicyclic) bond motifs is 5. The van der Waals surface area contributed by atoms with E-state index in [-0.39, 0.29) is 26.4 Å². The normalized spacial score (nSPS) is 10.8. The molecule has 0 bridgehead atoms. The number of aliphatic hydroxyl groups excluding tert-OH is 2. The smallest absolute Gasteiger partial charge is 0.143 e. The van der Waals surface area contributed by atoms with Crippen molar-refractivity contribution in [3.63, 3.8) is 0 Å². The average Bonchev–Trinajstić information content (AvgIpc) is 3.34. The molecule has 0 saturated heterocycles. The Morgan fingerprint density at radius 1 is 0.328 bits per heavy atom. The molecule has 4 heteroatoms. The third-order valence-corrected chi connectivity index (χ3v) is 11.3. The molecule has 2 N–H and O–H groups in total. The van der Waals surface area contributed by atoms with E-state index in [0.29, 0.717) is 17.1 Å². The molecule has 10 rings (SSSR count). The number of rotatable bonds is 7. The highest BCUT2D eigenvalue weighted by atomic mass is 16.5. The van der Waals surface area contributed by atoms with Gasteiger partial charge in [-0.2, -0.15) is 0 Å². The van der Waals surface area contributed by atoms with E-state index in [0.717, 1.165) is 82.0 Å². The van der Waals surface area contributed by atoms with Gasteiger partial charge in [-0.25, -0.2) is 0 Å². The number of hydrogen-bond acceptors (Lipinski definition) is 4. The van der Waals surface area contributed by atoms with Crippen LogP contribution >= 0.6 is 0 Å². The third-order valence-electron chi connectivity index (χ3n) is 11.3. The maximum absolute atomic E-state index is 10.2. The van der Waals surface area contributed by atoms with Gasteiger partial charge in [-0.15, -0.1) is 0 Å². The summed E-state index contributed by atoms with van der Waals surface area (Å²) in [5, 5.41) is 30.7. The summed E-state index contributed by atoms with van der Waals surface area (Å²) < 4.78 is 12.9. The largest absolute Gasteiger partial charge is 0.491 e. The molecule has 0 aliphatic heterocycles. The molecule has 0 heterocycles. The predicted octanol–water partition coefficient (Wildman–Crippen LogP) is 12.1. The molecule has 304 valence electrons. The highest BCUT2D eigenvalue weighted by Gasteiger charge is 2.22. The van der Waals surface area contributed by atoms with Gasteiger partial charge in [-0.05, 0) is 127 Å². The monoisotopic (exact) mass is 824 g/mol. The fourth-order valence-corrected chi connectivity index (χ4v) is 8.26. The van der Waals surface area contributed by atoms with E-state index in [1.807, 2.05) is 72.8 Å². The van der Waals surface area contributed by atoms with Gasteiger partial charge in [-0.3, -0.25) is 0 Å². The molecular formula is C60H40O4. The topological polar surface area (TPSA) is 58.9 Å². The van der Waals surface area contributed by atoms with Crippen molar-refractivity contribution in [3.05, 3.63) is 215 Å². The van der Waals surface area contributed by atoms with Gasteiger partial charge in [0.1, 0.15) is 24.7 Å². The molecule has 0 aliphatic carbocycles. The van der Waals surface area contributed by atoms with Gasteiger partial charge >= 0.3 is 0 Å². The van der Waals surface area contributed by atoms with Crippen LogP contribution in [0.4, 0.5) is 0 Å². The third kappa shape index (κ3) is 8.34. The number of ether oxygens (including phenoxy) is 2. The average molecular weight is 825 g/mol. The van der Waals surface area contributed by atoms with Gasteiger partial charge in [0.2, 0.25) is 0 Å². The minimum atomic E-state index is -0.193. The minimum absolute atomic E-state index is 0.0462. The Morgan fingerprint density at radius 3 is 1.22 bits per heavy atom. The van der Waals surface area contributed by atoms with Gasteiger partial charge in [0, 0.05) is 38.9 Å². The van der Waals surface area contributed by atoms with Crippen molar-refractivity contribution in [3.8, 4) is 58.1 Å². The van der Waals surface area contributed by atoms with Crippen LogP contribution in [0.2, 0.25) is 0 Å². The van der Waals surface area contributed by atoms with Crippen LogP contribution in [0.3, 0.4) is 0 Å². The maximum atomic E-state index is 10.2. The lowest BCUT2D eigenvalue weighted by molar-refractivity contribution is 0.200. The van der Waals surface area contributed by atoms with E-state index in [4.69, 9.17) is 9.47 Å². The summed E-state index contributed by atoms with van der Waals surface area (Å²) >= 11 is 0. The first kappa shape index (κ1) is 39.8. The van der Waals surface area contributed by atoms with Crippen molar-refractivity contribution in [1.82, 2.24) is 0 Å². The Kier molecular flexibility index (Phi) is 11.2. The summed E-state index contributed by atoms with van der Waals surface area (Å²) in [5.74, 6) is 21.5. The van der Waals surface area contributed by atoms with Crippen LogP contribution in [-0.4, -0.2) is 36.6 Å². The molecule has 0 saturated carbocycles. The highest BCUT2D eigenvalue weighted by Crippen LogP contribution is 2.47. The molecular weight excluding hydrogens is 785 g/mol. The Labute approximate surface area is 372 Å². The van der Waals surface area contributed by atoms with Crippen molar-refractivity contribution < 1.29 is 19.7 Å². The van der Waals surface area contributed by atoms with Gasteiger partial charge in [0.25, 0.3) is 0 Å². The van der Waals surface area contributed by atoms with Crippen molar-refractivity contribution in [2.45, 2.75) is 0 Å². The SMILES string of the molecule is OCCOc1ccc2cc(C#Cc3ccc4ccccc4c3)ccc2c1-c1c(OCCO)c(C#Cc2ccc3ccccc3c2)cc2cc(C#Cc3ccc4ccccc4c3)ccc12. The van der Waals surface area contributed by atoms with Crippen molar-refractivity contribution in [2.75, 3.05) is 26.4 Å². The van der Waals surface area contributed by atoms with E-state index < -0.39 is 0 Å². The Hall–Kier alpha value is -8.30. The molecule has 0 radical (unpaired) electrons. The first-order valence-corrected chi connectivity index (χ1v) is 21.3. The zero-order valence-electron chi connectivity index (χ0n) is 34.9. The van der Waals surface area contributed by atoms with Gasteiger partial charge < -0.3 is 19.7 Å². The number of hydrogen-bond donors (Lipinski definition) is 2. The molecule has 0 fully saturated rings. The molecule has 0 atom stereocenters. The lowest BCUT2D eigenvalue weighted by Gasteiger charge is -2.21. The Balaban J connectivity index is 1.16. The molecule has 0 unspecified atom stereocenters. The van der Waals surface area contributed by atoms with Crippen LogP contribution < -0.4 is 9.47 Å². The van der Waals surface area contributed by atoms with E-state index in [2.05, 4.69) is 145 Å². The summed E-state index contributed by atoms with van der Waals surface area (Å²) in [6.45, 7) is -0.216. The van der Waals surface area contributed by atoms with E-state index in [1.165, 1.54) is 10.8 Å². The molecule has 10 aromatic carbocycles. The Morgan fingerprint density at radius 2 is 0.719 bits per heavy atom. The first-order valence-electron chi connectivity index (χ1n) is 21.3. The van der Waals surface area contributed by atoms with Crippen LogP contribution in [0, 0.1) is 35.5 Å². The molecule has 0 aliphatic rings. The van der Waals surface area contributed by atoms with Crippen LogP contribution in [0.25, 0.3) is 65.0 Å². The summed E-state index contributed by atoms with van der Waals surface area (Å²) in [7, 11) is 0. The number of benzene rings is 10. The van der Waals surface area contributed by atoms with Crippen LogP contribution in [0.1, 0.15) is 33.4 Å². The summed E-state index contributed by atoms with van der Waals surface area (Å²) in [5.41, 5.74) is 6.61. The standard InChI is InChI=1S/C60H40O4/c61-31-33-63-57-30-27-52-38-43(15-13-41-17-23-46-7-1-4-10-49(46)35-41)21-28-55(52)58(57)59-56-29-22-44(16-14-42-18-24-47-8-2-5-11-50(47)36-42)39-54(56)40-53(60(59)64-34-32-62)26-20-45-19-25-48-9-3-6-12-51(48)37-45/h1-12,17-19,21-25,27-30,35-40,61-62H,31-34H2. The molecule has 0 amide bonds. The molecule has 64 heavy (non-hydrogen) atoms. The molecule has 10 aromatic rings. The summed E-state index contributed by atoms with van der Waals surface area (Å²) in [4.78, 5) is 0. The van der Waals surface area contributed by atoms with Crippen molar-refractivity contribution in [1.29, 1.82) is 0 Å². The molecule has 4 nitrogen and oxygen atoms in total. The second kappa shape index (κ2) is 18.0. The van der Waals surface area contributed by atoms with Crippen LogP contribution in [0.15, 0.2) is 182 Å². The van der Waals surface area contributed by atoms with Gasteiger partial charge in [0.05, 0.1) is 18.8 Å². The van der Waals surface area contributed by atoms with Crippen molar-refractivity contribution >= 4 is 53.9 Å². The van der Waals surface area contributed by atoms with Crippen LogP contribution in [0.5, 0.6) is 11.5 Å². The van der Waals surface area contributed by atoms with Crippen LogP contribution in [-0.2, 0) is 0 Å². The fourth-order valence-electron chi connectivity index (χ4n) is 8.26. The second-order valence-electron chi connectivity index (χ2n) is 15.5. The quantitative estimate of drug-likeness (QED) is 0.157. The number of aliphatic hydroxyl groups is 2. The second-order valence-corrected chi connectivity index (χ2v) is 15.5. The maximum Gasteiger partial charge on any atom is 0.143 e. The first-order chi connectivity index (χ1) is 31.6. The zero-order chi connectivity index (χ0) is 43.2. The highest BCUT2D eigenvalue weighted by molar-refractivity contribution is 6.11. The van der Waals surface area contributed by atoms with Crippen molar-refractivity contribution in [2.24, 2.45) is 0 Å². The predicted molar refractivity (Wildman–Crippen MR) is 262 cm³/mol. The van der Waals surface area contributed by atoms with E-state index >= 15 is 0 Å². The fraction of sp³-hybridized carbons (Fsp3) is 0.0667. The summed E-state index contributed by atoms with van der Waals surface area (Å²) in [6.07, 6.45) is 0. The summed E-state index contributed by atoms with van der Waals surface area (Å²) in [6, 6.07) is 61.9. The minimum Gasteiger partial charge on any atom is -0.491 e. The Bertz CT molecular complexity index is 3620. The van der Waals surface area contributed by atoms with Gasteiger partial charge in [0.15, 0.2) is 0 Å². The lowest BCUT2D eigenvalue weighted by Crippen LogP contribution is -2.07.